The number of carboxylic acids is 1. The summed E-state index contributed by atoms with van der Waals surface area (Å²) in [6, 6.07) is 2.83. The average Bonchev–Trinajstić information content (AvgIpc) is 2.73. The molecule has 0 bridgehead atoms. The maximum absolute atomic E-state index is 12.7. The van der Waals surface area contributed by atoms with Gasteiger partial charge in [0.2, 0.25) is 0 Å². The summed E-state index contributed by atoms with van der Waals surface area (Å²) in [5.41, 5.74) is -1.07. The second-order valence-corrected chi connectivity index (χ2v) is 7.60. The zero-order valence-corrected chi connectivity index (χ0v) is 20.1. The Morgan fingerprint density at radius 3 is 2.59 bits per heavy atom. The van der Waals surface area contributed by atoms with Crippen molar-refractivity contribution in [2.24, 2.45) is 0 Å². The van der Waals surface area contributed by atoms with Gasteiger partial charge in [-0.25, -0.2) is 0 Å². The number of nitro benzene ring substituents is 1. The van der Waals surface area contributed by atoms with E-state index in [4.69, 9.17) is 9.47 Å². The molecule has 12 nitrogen and oxygen atoms in total. The molecule has 2 amide bonds. The first-order valence-electron chi connectivity index (χ1n) is 8.81. The van der Waals surface area contributed by atoms with Crippen LogP contribution in [0.5, 0.6) is 5.75 Å². The van der Waals surface area contributed by atoms with Crippen molar-refractivity contribution in [3.8, 4) is 5.75 Å². The van der Waals surface area contributed by atoms with Gasteiger partial charge in [0.05, 0.1) is 23.7 Å². The number of ether oxygens (including phenoxy) is 2. The maximum atomic E-state index is 12.7. The SMILES string of the molecule is COc1cccc(C(=O)N[C@@H]2C(=O)N3C(C(=O)[O-])=C(COC(C)=O)CS[C@H]23)c1[N+](=O)[O-].[Na+]. The predicted molar refractivity (Wildman–Crippen MR) is 103 cm³/mol. The molecule has 2 heterocycles. The summed E-state index contributed by atoms with van der Waals surface area (Å²) in [6.07, 6.45) is 0. The Morgan fingerprint density at radius 1 is 1.34 bits per heavy atom. The number of para-hydroxylation sites is 1. The van der Waals surface area contributed by atoms with Crippen LogP contribution in [0.25, 0.3) is 0 Å². The molecule has 3 rings (SSSR count). The third-order valence-electron chi connectivity index (χ3n) is 4.62. The molecule has 0 aromatic heterocycles. The standard InChI is InChI=1S/C18H17N3O9S.Na/c1-8(22)30-6-9-7-31-17-12(16(24)20(17)13(9)18(25)26)19-15(23)10-4-3-5-11(29-2)14(10)21(27)28;/h3-5,12,17H,6-7H2,1-2H3,(H,19,23)(H,25,26);/q;+1/p-1/t12-,17-;/m1./s1. The van der Waals surface area contributed by atoms with E-state index in [1.54, 1.807) is 0 Å². The van der Waals surface area contributed by atoms with Gasteiger partial charge in [-0.2, -0.15) is 0 Å². The first-order chi connectivity index (χ1) is 14.7. The number of methoxy groups -OCH3 is 1. The molecule has 1 aromatic rings. The molecule has 0 spiro atoms. The van der Waals surface area contributed by atoms with Crippen LogP contribution < -0.4 is 44.7 Å². The van der Waals surface area contributed by atoms with E-state index in [9.17, 15) is 34.4 Å². The summed E-state index contributed by atoms with van der Waals surface area (Å²) in [4.78, 5) is 59.5. The number of carboxylic acid groups (broad SMARTS) is 1. The van der Waals surface area contributed by atoms with Gasteiger partial charge < -0.3 is 24.7 Å². The first-order valence-corrected chi connectivity index (χ1v) is 9.85. The van der Waals surface area contributed by atoms with Crippen LogP contribution >= 0.6 is 11.8 Å². The topological polar surface area (TPSA) is 168 Å². The number of hydrogen-bond acceptors (Lipinski definition) is 10. The molecule has 1 aromatic carbocycles. The van der Waals surface area contributed by atoms with Gasteiger partial charge in [0.15, 0.2) is 5.75 Å². The van der Waals surface area contributed by atoms with Crippen LogP contribution in [0.2, 0.25) is 0 Å². The van der Waals surface area contributed by atoms with Gasteiger partial charge in [0.1, 0.15) is 23.6 Å². The number of rotatable bonds is 7. The van der Waals surface area contributed by atoms with Crippen molar-refractivity contribution < 1.29 is 68.2 Å². The van der Waals surface area contributed by atoms with Gasteiger partial charge >= 0.3 is 41.2 Å². The van der Waals surface area contributed by atoms with E-state index >= 15 is 0 Å². The number of carbonyl (C=O) groups is 4. The van der Waals surface area contributed by atoms with E-state index in [2.05, 4.69) is 5.32 Å². The molecular formula is C18H16N3NaO9S. The third kappa shape index (κ3) is 4.75. The molecule has 2 aliphatic rings. The fraction of sp³-hybridized carbons (Fsp3) is 0.333. The normalized spacial score (nSPS) is 19.2. The molecule has 164 valence electrons. The summed E-state index contributed by atoms with van der Waals surface area (Å²) >= 11 is 1.15. The summed E-state index contributed by atoms with van der Waals surface area (Å²) in [5.74, 6) is -3.84. The number of hydrogen-bond donors (Lipinski definition) is 1. The number of carbonyl (C=O) groups excluding carboxylic acids is 4. The number of β-lactam (4-membered cyclic amide) rings is 1. The summed E-state index contributed by atoms with van der Waals surface area (Å²) in [7, 11) is 1.22. The Balaban J connectivity index is 0.00000363. The molecule has 0 radical (unpaired) electrons. The Labute approximate surface area is 207 Å². The van der Waals surface area contributed by atoms with Crippen molar-refractivity contribution in [3.05, 3.63) is 45.1 Å². The zero-order chi connectivity index (χ0) is 22.9. The minimum Gasteiger partial charge on any atom is -0.543 e. The number of amides is 2. The van der Waals surface area contributed by atoms with Crippen LogP contribution in [0.4, 0.5) is 5.69 Å². The van der Waals surface area contributed by atoms with Gasteiger partial charge in [-0.15, -0.1) is 11.8 Å². The predicted octanol–water partition coefficient (Wildman–Crippen LogP) is -3.81. The Kier molecular flexibility index (Phi) is 8.29. The van der Waals surface area contributed by atoms with Crippen LogP contribution in [0.3, 0.4) is 0 Å². The Bertz CT molecular complexity index is 1030. The molecule has 2 aliphatic heterocycles. The van der Waals surface area contributed by atoms with Crippen molar-refractivity contribution in [3.63, 3.8) is 0 Å². The molecule has 32 heavy (non-hydrogen) atoms. The Morgan fingerprint density at radius 2 is 2.03 bits per heavy atom. The van der Waals surface area contributed by atoms with E-state index in [0.29, 0.717) is 0 Å². The molecular weight excluding hydrogens is 457 g/mol. The fourth-order valence-electron chi connectivity index (χ4n) is 3.25. The molecule has 0 aliphatic carbocycles. The number of nitrogens with one attached hydrogen (secondary N) is 1. The van der Waals surface area contributed by atoms with Crippen LogP contribution in [-0.4, -0.2) is 64.5 Å². The van der Waals surface area contributed by atoms with Gasteiger partial charge in [0, 0.05) is 18.2 Å². The average molecular weight is 473 g/mol. The third-order valence-corrected chi connectivity index (χ3v) is 5.96. The molecule has 0 saturated carbocycles. The molecule has 2 atom stereocenters. The van der Waals surface area contributed by atoms with Gasteiger partial charge in [-0.05, 0) is 12.1 Å². The number of fused-ring (bicyclic) bond motifs is 1. The van der Waals surface area contributed by atoms with Crippen LogP contribution in [0.1, 0.15) is 17.3 Å². The second kappa shape index (κ2) is 10.3. The summed E-state index contributed by atoms with van der Waals surface area (Å²) in [6.45, 7) is 0.852. The van der Waals surface area contributed by atoms with E-state index < -0.39 is 51.5 Å². The van der Waals surface area contributed by atoms with Crippen molar-refractivity contribution in [1.29, 1.82) is 0 Å². The Hall–Kier alpha value is -2.61. The number of aliphatic carboxylic acids is 1. The van der Waals surface area contributed by atoms with Crippen LogP contribution in [-0.2, 0) is 19.1 Å². The largest absolute Gasteiger partial charge is 1.00 e. The molecule has 0 unspecified atom stereocenters. The monoisotopic (exact) mass is 473 g/mol. The number of esters is 1. The molecule has 14 heteroatoms. The first kappa shape index (κ1) is 25.6. The molecule has 1 saturated heterocycles. The van der Waals surface area contributed by atoms with Gasteiger partial charge in [-0.1, -0.05) is 6.07 Å². The summed E-state index contributed by atoms with van der Waals surface area (Å²) in [5, 5.41) is 24.6. The number of thioether (sulfide) groups is 1. The van der Waals surface area contributed by atoms with Gasteiger partial charge in [0.25, 0.3) is 11.8 Å². The van der Waals surface area contributed by atoms with Crippen molar-refractivity contribution in [2.45, 2.75) is 18.3 Å². The molecule has 1 fully saturated rings. The quantitative estimate of drug-likeness (QED) is 0.136. The van der Waals surface area contributed by atoms with Crippen molar-refractivity contribution in [1.82, 2.24) is 10.2 Å². The minimum atomic E-state index is -1.62. The van der Waals surface area contributed by atoms with E-state index in [-0.39, 0.29) is 58.8 Å². The van der Waals surface area contributed by atoms with E-state index in [1.807, 2.05) is 0 Å². The minimum absolute atomic E-state index is 0. The smallest absolute Gasteiger partial charge is 0.543 e. The second-order valence-electron chi connectivity index (χ2n) is 6.49. The molecule has 1 N–H and O–H groups in total. The van der Waals surface area contributed by atoms with E-state index in [0.717, 1.165) is 23.6 Å². The number of benzene rings is 1. The van der Waals surface area contributed by atoms with Crippen LogP contribution in [0.15, 0.2) is 29.5 Å². The number of nitrogens with zero attached hydrogens (tertiary/aromatic N) is 2. The number of nitro groups is 1. The maximum Gasteiger partial charge on any atom is 1.00 e. The van der Waals surface area contributed by atoms with Crippen LogP contribution in [0, 0.1) is 10.1 Å². The van der Waals surface area contributed by atoms with E-state index in [1.165, 1.54) is 25.3 Å². The van der Waals surface area contributed by atoms with Gasteiger partial charge in [-0.3, -0.25) is 29.4 Å². The zero-order valence-electron chi connectivity index (χ0n) is 17.3. The van der Waals surface area contributed by atoms with Crippen molar-refractivity contribution >= 4 is 41.2 Å². The fourth-order valence-corrected chi connectivity index (χ4v) is 4.58. The van der Waals surface area contributed by atoms with Crippen molar-refractivity contribution in [2.75, 3.05) is 19.5 Å². The summed E-state index contributed by atoms with van der Waals surface area (Å²) < 4.78 is 9.75.